The van der Waals surface area contributed by atoms with Crippen LogP contribution < -0.4 is 16.9 Å². The van der Waals surface area contributed by atoms with E-state index in [4.69, 9.17) is 16.0 Å². The minimum Gasteiger partial charge on any atom is -0.508 e. The number of benzene rings is 2. The SMILES string of the molecule is NC(=O)c1c(C(C(N)=O)c2ccc(O)cc2)sc2cc(O)c(O)cc2c1=O.O=C(O)C1=C(CSc2nnnn2CS(=O)(=O)O)CS[C@H]2CC(=O)N12. The Morgan fingerprint density at radius 2 is 1.73 bits per heavy atom. The van der Waals surface area contributed by atoms with Crippen LogP contribution in [0.1, 0.15) is 33.1 Å². The number of thioether (sulfide) groups is 2. The van der Waals surface area contributed by atoms with E-state index < -0.39 is 62.2 Å². The van der Waals surface area contributed by atoms with Gasteiger partial charge in [0.05, 0.1) is 17.7 Å². The van der Waals surface area contributed by atoms with E-state index in [1.807, 2.05) is 0 Å². The van der Waals surface area contributed by atoms with Crippen molar-refractivity contribution in [1.82, 2.24) is 25.1 Å². The molecule has 0 radical (unpaired) electrons. The van der Waals surface area contributed by atoms with Gasteiger partial charge in [-0.15, -0.1) is 28.2 Å². The predicted octanol–water partition coefficient (Wildman–Crippen LogP) is 0.349. The molecule has 51 heavy (non-hydrogen) atoms. The number of phenols is 3. The Labute approximate surface area is 298 Å². The Kier molecular flexibility index (Phi) is 10.6. The van der Waals surface area contributed by atoms with E-state index in [-0.39, 0.29) is 48.6 Å². The molecule has 9 N–H and O–H groups in total. The Morgan fingerprint density at radius 1 is 1.06 bits per heavy atom. The number of aromatic nitrogens is 4. The molecule has 2 aromatic heterocycles. The summed E-state index contributed by atoms with van der Waals surface area (Å²) >= 11 is 3.38. The summed E-state index contributed by atoms with van der Waals surface area (Å²) in [6, 6.07) is 7.72. The first-order chi connectivity index (χ1) is 24.0. The molecule has 4 aromatic rings. The number of phenolic OH excluding ortho intramolecular Hbond substituents is 3. The lowest BCUT2D eigenvalue weighted by molar-refractivity contribution is -0.146. The fourth-order valence-corrected chi connectivity index (χ4v) is 9.24. The van der Waals surface area contributed by atoms with Gasteiger partial charge in [0.1, 0.15) is 17.0 Å². The van der Waals surface area contributed by atoms with Crippen LogP contribution in [-0.2, 0) is 30.4 Å². The second kappa shape index (κ2) is 14.6. The number of carbonyl (C=O) groups is 4. The van der Waals surface area contributed by atoms with Crippen molar-refractivity contribution in [1.29, 1.82) is 0 Å². The van der Waals surface area contributed by atoms with Gasteiger partial charge in [-0.25, -0.2) is 9.48 Å². The van der Waals surface area contributed by atoms with Crippen molar-refractivity contribution in [2.75, 3.05) is 11.5 Å². The number of tetrazole rings is 1. The van der Waals surface area contributed by atoms with Crippen LogP contribution in [0.25, 0.3) is 10.1 Å². The molecule has 0 bridgehead atoms. The first kappa shape index (κ1) is 37.0. The average Bonchev–Trinajstić information content (AvgIpc) is 3.46. The molecule has 19 nitrogen and oxygen atoms in total. The number of aromatic hydroxyl groups is 3. The fourth-order valence-electron chi connectivity index (χ4n) is 5.06. The smallest absolute Gasteiger partial charge is 0.352 e. The molecule has 0 spiro atoms. The number of fused-ring (bicyclic) bond motifs is 2. The van der Waals surface area contributed by atoms with Gasteiger partial charge < -0.3 is 31.9 Å². The Morgan fingerprint density at radius 3 is 2.31 bits per heavy atom. The molecular formula is C28H25N7O12S4. The first-order valence-electron chi connectivity index (χ1n) is 14.1. The number of amides is 3. The van der Waals surface area contributed by atoms with E-state index in [2.05, 4.69) is 15.5 Å². The third kappa shape index (κ3) is 7.91. The minimum atomic E-state index is -4.31. The van der Waals surface area contributed by atoms with Crippen molar-refractivity contribution in [2.24, 2.45) is 11.5 Å². The third-order valence-electron chi connectivity index (χ3n) is 7.33. The van der Waals surface area contributed by atoms with Crippen LogP contribution in [0.5, 0.6) is 17.2 Å². The summed E-state index contributed by atoms with van der Waals surface area (Å²) in [4.78, 5) is 61.3. The van der Waals surface area contributed by atoms with E-state index in [1.54, 1.807) is 0 Å². The number of β-lactam (4-membered cyclic amide) rings is 1. The highest BCUT2D eigenvalue weighted by atomic mass is 32.2. The van der Waals surface area contributed by atoms with E-state index in [0.717, 1.165) is 39.9 Å². The van der Waals surface area contributed by atoms with E-state index >= 15 is 0 Å². The number of carboxylic acids is 1. The number of nitrogens with two attached hydrogens (primary N) is 2. The highest BCUT2D eigenvalue weighted by molar-refractivity contribution is 8.01. The zero-order valence-corrected chi connectivity index (χ0v) is 28.8. The third-order valence-corrected chi connectivity index (χ3v) is 11.4. The second-order valence-electron chi connectivity index (χ2n) is 10.8. The van der Waals surface area contributed by atoms with Crippen LogP contribution in [0.4, 0.5) is 0 Å². The van der Waals surface area contributed by atoms with Gasteiger partial charge in [0.25, 0.3) is 16.0 Å². The Balaban J connectivity index is 0.000000199. The number of aliphatic carboxylic acids is 1. The molecule has 23 heteroatoms. The summed E-state index contributed by atoms with van der Waals surface area (Å²) in [6.45, 7) is 0. The zero-order valence-electron chi connectivity index (χ0n) is 25.6. The maximum Gasteiger partial charge on any atom is 0.352 e. The Hall–Kier alpha value is -5.23. The van der Waals surface area contributed by atoms with Crippen LogP contribution in [0, 0.1) is 0 Å². The highest BCUT2D eigenvalue weighted by Gasteiger charge is 2.45. The molecule has 2 aliphatic rings. The van der Waals surface area contributed by atoms with Crippen LogP contribution in [0.3, 0.4) is 0 Å². The molecule has 268 valence electrons. The van der Waals surface area contributed by atoms with Crippen LogP contribution in [0.15, 0.2) is 57.6 Å². The number of rotatable bonds is 10. The summed E-state index contributed by atoms with van der Waals surface area (Å²) in [6.07, 6.45) is 0.328. The molecular weight excluding hydrogens is 755 g/mol. The number of carbonyl (C=O) groups excluding carboxylic acids is 3. The largest absolute Gasteiger partial charge is 0.508 e. The van der Waals surface area contributed by atoms with Gasteiger partial charge in [-0.1, -0.05) is 23.9 Å². The van der Waals surface area contributed by atoms with Crippen molar-refractivity contribution < 1.29 is 52.6 Å². The molecule has 1 fully saturated rings. The van der Waals surface area contributed by atoms with Gasteiger partial charge in [0, 0.05) is 32.5 Å². The van der Waals surface area contributed by atoms with E-state index in [1.165, 1.54) is 40.9 Å². The maximum atomic E-state index is 12.8. The number of hydrogen-bond acceptors (Lipinski definition) is 16. The number of primary amides is 2. The van der Waals surface area contributed by atoms with Gasteiger partial charge >= 0.3 is 5.97 Å². The van der Waals surface area contributed by atoms with Crippen molar-refractivity contribution in [3.8, 4) is 17.2 Å². The van der Waals surface area contributed by atoms with Gasteiger partial charge in [0.2, 0.25) is 22.4 Å². The summed E-state index contributed by atoms with van der Waals surface area (Å²) in [5.41, 5.74) is 10.5. The van der Waals surface area contributed by atoms with Crippen LogP contribution in [-0.4, -0.2) is 99.1 Å². The molecule has 0 saturated carbocycles. The minimum absolute atomic E-state index is 0.0169. The molecule has 1 unspecified atom stereocenters. The Bertz CT molecular complexity index is 2290. The predicted molar refractivity (Wildman–Crippen MR) is 182 cm³/mol. The van der Waals surface area contributed by atoms with Gasteiger partial charge in [-0.2, -0.15) is 8.42 Å². The highest BCUT2D eigenvalue weighted by Crippen LogP contribution is 2.41. The lowest BCUT2D eigenvalue weighted by atomic mass is 9.93. The standard InChI is InChI=1S/C18H14N2O6S.C10H11N5O6S3/c19-17(25)13(7-1-3-8(21)4-2-7)16-14(18(20)26)15(24)9-5-10(22)11(23)6-12(9)27-16;16-6-1-7-15(6)8(9(17)18)5(2-22-7)3-23-10-11-12-13-14(10)4-24(19,20)21/h1-6,13,21-23H,(H2,19,25)(H2,20,26);7H,1-4H2,(H,17,18)(H,19,20,21)/t;7-/m.0/s1. The lowest BCUT2D eigenvalue weighted by Gasteiger charge is -2.43. The maximum absolute atomic E-state index is 12.8. The van der Waals surface area contributed by atoms with Gasteiger partial charge in [-0.05, 0) is 39.8 Å². The van der Waals surface area contributed by atoms with E-state index in [9.17, 15) is 52.8 Å². The number of hydrogen-bond donors (Lipinski definition) is 7. The van der Waals surface area contributed by atoms with Gasteiger partial charge in [0.15, 0.2) is 17.4 Å². The first-order valence-corrected chi connectivity index (χ1v) is 18.6. The van der Waals surface area contributed by atoms with Crippen LogP contribution >= 0.6 is 34.9 Å². The summed E-state index contributed by atoms with van der Waals surface area (Å²) < 4.78 is 31.8. The quantitative estimate of drug-likeness (QED) is 0.0494. The lowest BCUT2D eigenvalue weighted by Crippen LogP contribution is -2.54. The molecule has 4 heterocycles. The molecule has 6 rings (SSSR count). The summed E-state index contributed by atoms with van der Waals surface area (Å²) in [5.74, 6) is -5.67. The molecule has 2 aliphatic heterocycles. The number of carboxylic acid groups (broad SMARTS) is 1. The topological polar surface area (TPSA) is 320 Å². The van der Waals surface area contributed by atoms with Crippen molar-refractivity contribution >= 4 is 78.8 Å². The summed E-state index contributed by atoms with van der Waals surface area (Å²) in [7, 11) is -4.31. The average molecular weight is 780 g/mol. The van der Waals surface area contributed by atoms with E-state index in [0.29, 0.717) is 23.3 Å². The fraction of sp³-hybridized carbons (Fsp3) is 0.214. The molecule has 3 amide bonds. The van der Waals surface area contributed by atoms with Crippen molar-refractivity contribution in [3.63, 3.8) is 0 Å². The molecule has 2 aromatic carbocycles. The second-order valence-corrected chi connectivity index (χ2v) is 15.4. The van der Waals surface area contributed by atoms with Crippen molar-refractivity contribution in [2.45, 2.75) is 28.7 Å². The zero-order chi connectivity index (χ0) is 37.4. The number of nitrogens with zero attached hydrogens (tertiary/aromatic N) is 5. The normalized spacial score (nSPS) is 16.1. The monoisotopic (exact) mass is 779 g/mol. The molecule has 0 aliphatic carbocycles. The van der Waals surface area contributed by atoms with Crippen molar-refractivity contribution in [3.05, 3.63) is 73.9 Å². The molecule has 1 saturated heterocycles. The molecule has 2 atom stereocenters. The summed E-state index contributed by atoms with van der Waals surface area (Å²) in [5, 5.41) is 48.6. The van der Waals surface area contributed by atoms with Gasteiger partial charge in [-0.3, -0.25) is 28.6 Å². The van der Waals surface area contributed by atoms with Crippen LogP contribution in [0.2, 0.25) is 0 Å².